The quantitative estimate of drug-likeness (QED) is 0.480. The average Bonchev–Trinajstić information content (AvgIpc) is 3.40. The fraction of sp³-hybridized carbons (Fsp3) is 0.520. The minimum atomic E-state index is -0.115. The molecule has 1 aliphatic rings. The summed E-state index contributed by atoms with van der Waals surface area (Å²) in [5.74, 6) is -0.115. The molecule has 2 amide bonds. The molecule has 1 fully saturated rings. The number of carbonyl (C=O) groups excluding carboxylic acids is 2. The Kier molecular flexibility index (Phi) is 7.66. The average molecular weight is 476 g/mol. The Hall–Kier alpha value is -1.92. The zero-order valence-electron chi connectivity index (χ0n) is 19.7. The van der Waals surface area contributed by atoms with Gasteiger partial charge in [-0.15, -0.1) is 11.8 Å². The monoisotopic (exact) mass is 475 g/mol. The molecule has 0 aliphatic heterocycles. The van der Waals surface area contributed by atoms with Crippen LogP contribution in [0.2, 0.25) is 5.02 Å². The van der Waals surface area contributed by atoms with E-state index in [9.17, 15) is 9.59 Å². The highest BCUT2D eigenvalue weighted by Gasteiger charge is 2.47. The lowest BCUT2D eigenvalue weighted by Crippen LogP contribution is -2.36. The number of nitrogens with zero attached hydrogens (tertiary/aromatic N) is 2. The summed E-state index contributed by atoms with van der Waals surface area (Å²) in [6, 6.07) is 9.37. The Bertz CT molecular complexity index is 959. The molecule has 2 aromatic rings. The van der Waals surface area contributed by atoms with E-state index in [0.29, 0.717) is 30.4 Å². The van der Waals surface area contributed by atoms with Gasteiger partial charge in [0.05, 0.1) is 0 Å². The Balaban J connectivity index is 1.64. The molecule has 1 N–H and O–H groups in total. The molecule has 174 valence electrons. The number of nitrogens with one attached hydrogen (secondary N) is 1. The molecule has 0 spiro atoms. The van der Waals surface area contributed by atoms with Crippen molar-refractivity contribution in [3.05, 3.63) is 57.9 Å². The van der Waals surface area contributed by atoms with Crippen molar-refractivity contribution in [2.75, 3.05) is 13.1 Å². The van der Waals surface area contributed by atoms with E-state index in [1.54, 1.807) is 0 Å². The number of benzene rings is 1. The van der Waals surface area contributed by atoms with Crippen LogP contribution in [0.25, 0.3) is 0 Å². The van der Waals surface area contributed by atoms with E-state index in [1.807, 2.05) is 65.4 Å². The van der Waals surface area contributed by atoms with Crippen LogP contribution < -0.4 is 5.32 Å². The van der Waals surface area contributed by atoms with Gasteiger partial charge in [-0.3, -0.25) is 9.59 Å². The first-order valence-corrected chi connectivity index (χ1v) is 12.3. The summed E-state index contributed by atoms with van der Waals surface area (Å²) in [4.78, 5) is 26.6. The largest absolute Gasteiger partial charge is 0.347 e. The van der Waals surface area contributed by atoms with Crippen molar-refractivity contribution in [1.29, 1.82) is 0 Å². The standard InChI is InChI=1S/C25H34ClN3O2S/c1-18-14-22(23(31)27-15-20-6-8-21(26)9-7-20)29(19(18)2)13-12-28(17-30)16-25(10-11-25)32-24(3,4)5/h6-9,14,17H,10-13,15-16H2,1-5H3,(H,27,31). The lowest BCUT2D eigenvalue weighted by molar-refractivity contribution is -0.118. The molecule has 5 nitrogen and oxygen atoms in total. The molecule has 1 saturated carbocycles. The van der Waals surface area contributed by atoms with Crippen molar-refractivity contribution < 1.29 is 9.59 Å². The highest BCUT2D eigenvalue weighted by Crippen LogP contribution is 2.53. The van der Waals surface area contributed by atoms with Crippen LogP contribution in [0, 0.1) is 13.8 Å². The predicted molar refractivity (Wildman–Crippen MR) is 133 cm³/mol. The third kappa shape index (κ3) is 6.55. The van der Waals surface area contributed by atoms with Crippen LogP contribution in [0.3, 0.4) is 0 Å². The van der Waals surface area contributed by atoms with Gasteiger partial charge >= 0.3 is 0 Å². The van der Waals surface area contributed by atoms with Crippen molar-refractivity contribution in [2.45, 2.75) is 70.0 Å². The van der Waals surface area contributed by atoms with Crippen LogP contribution in [0.1, 0.15) is 60.9 Å². The van der Waals surface area contributed by atoms with Gasteiger partial charge in [0.1, 0.15) is 5.69 Å². The van der Waals surface area contributed by atoms with Crippen molar-refractivity contribution in [2.24, 2.45) is 0 Å². The van der Waals surface area contributed by atoms with Crippen LogP contribution in [0.5, 0.6) is 0 Å². The number of hydrogen-bond donors (Lipinski definition) is 1. The van der Waals surface area contributed by atoms with Gasteiger partial charge in [0.15, 0.2) is 0 Å². The van der Waals surface area contributed by atoms with E-state index >= 15 is 0 Å². The molecule has 0 bridgehead atoms. The molecular formula is C25H34ClN3O2S. The maximum absolute atomic E-state index is 12.9. The summed E-state index contributed by atoms with van der Waals surface area (Å²) >= 11 is 7.91. The summed E-state index contributed by atoms with van der Waals surface area (Å²) in [7, 11) is 0. The lowest BCUT2D eigenvalue weighted by atomic mass is 10.2. The molecule has 3 rings (SSSR count). The number of aromatic nitrogens is 1. The van der Waals surface area contributed by atoms with Gasteiger partial charge in [-0.25, -0.2) is 0 Å². The second-order valence-electron chi connectivity index (χ2n) is 9.73. The smallest absolute Gasteiger partial charge is 0.268 e. The number of rotatable bonds is 10. The Morgan fingerprint density at radius 2 is 1.91 bits per heavy atom. The van der Waals surface area contributed by atoms with Gasteiger partial charge < -0.3 is 14.8 Å². The molecule has 1 heterocycles. The van der Waals surface area contributed by atoms with Gasteiger partial charge in [0, 0.05) is 46.4 Å². The van der Waals surface area contributed by atoms with Crippen molar-refractivity contribution in [3.8, 4) is 0 Å². The number of halogens is 1. The highest BCUT2D eigenvalue weighted by molar-refractivity contribution is 8.02. The molecule has 1 aliphatic carbocycles. The SMILES string of the molecule is Cc1cc(C(=O)NCc2ccc(Cl)cc2)n(CCN(C=O)CC2(SC(C)(C)C)CC2)c1C. The van der Waals surface area contributed by atoms with E-state index in [-0.39, 0.29) is 15.4 Å². The molecular weight excluding hydrogens is 442 g/mol. The van der Waals surface area contributed by atoms with Crippen LogP contribution in [-0.2, 0) is 17.9 Å². The number of amides is 2. The van der Waals surface area contributed by atoms with Gasteiger partial charge in [-0.1, -0.05) is 44.5 Å². The summed E-state index contributed by atoms with van der Waals surface area (Å²) < 4.78 is 2.38. The molecule has 32 heavy (non-hydrogen) atoms. The molecule has 0 saturated heterocycles. The highest BCUT2D eigenvalue weighted by atomic mass is 35.5. The first-order chi connectivity index (χ1) is 15.0. The van der Waals surface area contributed by atoms with E-state index < -0.39 is 0 Å². The first-order valence-electron chi connectivity index (χ1n) is 11.1. The third-order valence-electron chi connectivity index (χ3n) is 5.80. The van der Waals surface area contributed by atoms with Gasteiger partial charge in [0.25, 0.3) is 5.91 Å². The summed E-state index contributed by atoms with van der Waals surface area (Å²) in [5, 5.41) is 3.68. The third-order valence-corrected chi connectivity index (χ3v) is 7.63. The number of hydrogen-bond acceptors (Lipinski definition) is 3. The second-order valence-corrected chi connectivity index (χ2v) is 12.5. The zero-order chi connectivity index (χ0) is 23.5. The Morgan fingerprint density at radius 3 is 2.47 bits per heavy atom. The minimum Gasteiger partial charge on any atom is -0.347 e. The maximum atomic E-state index is 12.9. The summed E-state index contributed by atoms with van der Waals surface area (Å²) in [6.07, 6.45) is 3.26. The molecule has 7 heteroatoms. The fourth-order valence-electron chi connectivity index (χ4n) is 3.98. The lowest BCUT2D eigenvalue weighted by Gasteiger charge is -2.29. The number of thioether (sulfide) groups is 1. The Morgan fingerprint density at radius 1 is 1.25 bits per heavy atom. The van der Waals surface area contributed by atoms with Crippen LogP contribution in [0.15, 0.2) is 30.3 Å². The normalized spacial score (nSPS) is 14.8. The molecule has 0 atom stereocenters. The fourth-order valence-corrected chi connectivity index (χ4v) is 5.94. The predicted octanol–water partition coefficient (Wildman–Crippen LogP) is 5.21. The van der Waals surface area contributed by atoms with Crippen LogP contribution in [-0.4, -0.2) is 44.4 Å². The molecule has 1 aromatic carbocycles. The van der Waals surface area contributed by atoms with Crippen molar-refractivity contribution >= 4 is 35.7 Å². The van der Waals surface area contributed by atoms with Crippen molar-refractivity contribution in [1.82, 2.24) is 14.8 Å². The van der Waals surface area contributed by atoms with E-state index in [1.165, 1.54) is 0 Å². The van der Waals surface area contributed by atoms with Crippen molar-refractivity contribution in [3.63, 3.8) is 0 Å². The number of carbonyl (C=O) groups is 2. The summed E-state index contributed by atoms with van der Waals surface area (Å²) in [6.45, 7) is 13.1. The molecule has 0 radical (unpaired) electrons. The Labute approximate surface area is 200 Å². The van der Waals surface area contributed by atoms with Crippen LogP contribution >= 0.6 is 23.4 Å². The van der Waals surface area contributed by atoms with E-state index in [4.69, 9.17) is 11.6 Å². The summed E-state index contributed by atoms with van der Waals surface area (Å²) in [5.41, 5.74) is 3.75. The van der Waals surface area contributed by atoms with Gasteiger partial charge in [0.2, 0.25) is 6.41 Å². The molecule has 0 unspecified atom stereocenters. The van der Waals surface area contributed by atoms with Gasteiger partial charge in [-0.05, 0) is 56.0 Å². The minimum absolute atomic E-state index is 0.115. The first kappa shape index (κ1) is 24.7. The maximum Gasteiger partial charge on any atom is 0.268 e. The zero-order valence-corrected chi connectivity index (χ0v) is 21.3. The van der Waals surface area contributed by atoms with Crippen LogP contribution in [0.4, 0.5) is 0 Å². The van der Waals surface area contributed by atoms with Gasteiger partial charge in [-0.2, -0.15) is 0 Å². The topological polar surface area (TPSA) is 54.3 Å². The molecule has 1 aromatic heterocycles. The number of aryl methyl sites for hydroxylation is 1. The second kappa shape index (κ2) is 9.92. The van der Waals surface area contributed by atoms with E-state index in [2.05, 4.69) is 26.1 Å². The van der Waals surface area contributed by atoms with E-state index in [0.717, 1.165) is 42.6 Å².